The average molecular weight is 447 g/mol. The van der Waals surface area contributed by atoms with Gasteiger partial charge in [0.15, 0.2) is 0 Å². The van der Waals surface area contributed by atoms with Crippen LogP contribution in [-0.2, 0) is 44.4 Å². The summed E-state index contributed by atoms with van der Waals surface area (Å²) in [5, 5.41) is 0. The topological polar surface area (TPSA) is 124 Å². The first kappa shape index (κ1) is 25.6. The Kier molecular flexibility index (Phi) is 13.3. The molecule has 0 aromatic carbocycles. The van der Waals surface area contributed by atoms with Gasteiger partial charge in [-0.05, 0) is 0 Å². The summed E-state index contributed by atoms with van der Waals surface area (Å²) < 4.78 is 40.8. The molecule has 0 amide bonds. The van der Waals surface area contributed by atoms with Crippen molar-refractivity contribution < 1.29 is 54.2 Å². The predicted molar refractivity (Wildman–Crippen MR) is 83.7 cm³/mol. The van der Waals surface area contributed by atoms with Crippen LogP contribution >= 0.6 is 15.2 Å². The van der Waals surface area contributed by atoms with Gasteiger partial charge in [-0.3, -0.25) is 9.80 Å². The molecule has 25 heavy (non-hydrogen) atoms. The minimum absolute atomic E-state index is 0. The summed E-state index contributed by atoms with van der Waals surface area (Å²) in [6.45, 7) is 5.05. The van der Waals surface area contributed by atoms with Crippen molar-refractivity contribution in [2.45, 2.75) is 0 Å². The smallest absolute Gasteiger partial charge is 0.778 e. The Morgan fingerprint density at radius 1 is 0.800 bits per heavy atom. The van der Waals surface area contributed by atoms with Crippen molar-refractivity contribution in [3.8, 4) is 0 Å². The Labute approximate surface area is 159 Å². The van der Waals surface area contributed by atoms with Gasteiger partial charge in [-0.15, -0.1) is 0 Å². The number of rotatable bonds is 6. The molecule has 2 rings (SSSR count). The van der Waals surface area contributed by atoms with E-state index in [4.69, 9.17) is 9.47 Å². The van der Waals surface area contributed by atoms with Crippen LogP contribution in [-0.4, -0.2) is 89.2 Å². The summed E-state index contributed by atoms with van der Waals surface area (Å²) in [4.78, 5) is 25.6. The number of nitrogens with zero attached hydrogens (tertiary/aromatic N) is 2. The maximum atomic E-state index is 11.0. The van der Waals surface area contributed by atoms with Crippen molar-refractivity contribution in [3.05, 3.63) is 0 Å². The first-order valence-corrected chi connectivity index (χ1v) is 11.1. The molecule has 2 saturated heterocycles. The summed E-state index contributed by atoms with van der Waals surface area (Å²) in [7, 11) is -4.87. The quantitative estimate of drug-likeness (QED) is 0.466. The second-order valence-corrected chi connectivity index (χ2v) is 9.07. The maximum absolute atomic E-state index is 11.0. The molecule has 1 radical (unpaired) electrons. The van der Waals surface area contributed by atoms with Crippen LogP contribution in [0.25, 0.3) is 0 Å². The van der Waals surface area contributed by atoms with Crippen LogP contribution in [0.4, 0.5) is 0 Å². The minimum Gasteiger partial charge on any atom is -0.778 e. The molecule has 13 heteroatoms. The largest absolute Gasteiger partial charge is 2.00 e. The van der Waals surface area contributed by atoms with E-state index in [2.05, 4.69) is 9.05 Å². The molecule has 10 nitrogen and oxygen atoms in total. The van der Waals surface area contributed by atoms with Gasteiger partial charge in [0.1, 0.15) is 15.2 Å². The van der Waals surface area contributed by atoms with Crippen molar-refractivity contribution in [3.63, 3.8) is 0 Å². The Hall–Kier alpha value is 0.646. The second-order valence-electron chi connectivity index (χ2n) is 5.33. The Morgan fingerprint density at radius 3 is 1.32 bits per heavy atom. The molecule has 0 N–H and O–H groups in total. The van der Waals surface area contributed by atoms with Gasteiger partial charge in [0, 0.05) is 40.4 Å². The first-order valence-electron chi connectivity index (χ1n) is 7.60. The van der Waals surface area contributed by atoms with Crippen LogP contribution < -0.4 is 9.79 Å². The molecular weight excluding hydrogens is 421 g/mol. The molecule has 2 aliphatic rings. The van der Waals surface area contributed by atoms with Crippen LogP contribution in [0.15, 0.2) is 0 Å². The Morgan fingerprint density at radius 2 is 1.08 bits per heavy atom. The fourth-order valence-corrected chi connectivity index (χ4v) is 3.87. The molecule has 0 bridgehead atoms. The molecule has 2 fully saturated rings. The monoisotopic (exact) mass is 447 g/mol. The molecule has 2 aliphatic heterocycles. The number of morpholine rings is 2. The number of hydrogen-bond donors (Lipinski definition) is 0. The molecule has 2 heterocycles. The van der Waals surface area contributed by atoms with Crippen LogP contribution in [0.5, 0.6) is 0 Å². The van der Waals surface area contributed by atoms with Crippen molar-refractivity contribution in [2.24, 2.45) is 0 Å². The van der Waals surface area contributed by atoms with Crippen molar-refractivity contribution >= 4 is 15.2 Å². The third kappa shape index (κ3) is 11.9. The van der Waals surface area contributed by atoms with Gasteiger partial charge in [0.25, 0.3) is 0 Å². The van der Waals surface area contributed by atoms with Gasteiger partial charge in [0.05, 0.1) is 39.0 Å². The van der Waals surface area contributed by atoms with Gasteiger partial charge >= 0.3 is 16.8 Å². The first-order chi connectivity index (χ1) is 11.3. The van der Waals surface area contributed by atoms with Crippen molar-refractivity contribution in [2.75, 3.05) is 79.4 Å². The standard InChI is InChI=1S/2C6H14NO4P.Co/c2*1-10-12(8,9)6-7-2-4-11-5-3-7;/h2*2-6H2,1H3,(H,8,9);/q;;+2/p-2. The van der Waals surface area contributed by atoms with Crippen LogP contribution in [0, 0.1) is 0 Å². The van der Waals surface area contributed by atoms with Crippen LogP contribution in [0.3, 0.4) is 0 Å². The molecule has 0 aromatic rings. The molecule has 2 atom stereocenters. The molecule has 0 aromatic heterocycles. The normalized spacial score (nSPS) is 24.2. The van der Waals surface area contributed by atoms with E-state index in [-0.39, 0.29) is 29.4 Å². The SMILES string of the molecule is COP(=O)([O-])CN1CCOCC1.COP(=O)([O-])CN1CCOCC1.[Co+2]. The van der Waals surface area contributed by atoms with E-state index in [0.29, 0.717) is 52.6 Å². The van der Waals surface area contributed by atoms with E-state index in [1.54, 1.807) is 9.80 Å². The van der Waals surface area contributed by atoms with E-state index in [1.165, 1.54) is 14.2 Å². The van der Waals surface area contributed by atoms with Gasteiger partial charge in [-0.1, -0.05) is 0 Å². The van der Waals surface area contributed by atoms with Gasteiger partial charge < -0.3 is 37.4 Å². The molecular formula is C12H26CoN2O8P2. The fraction of sp³-hybridized carbons (Fsp3) is 1.00. The zero-order chi connectivity index (χ0) is 18.1. The van der Waals surface area contributed by atoms with Gasteiger partial charge in [-0.2, -0.15) is 0 Å². The third-order valence-corrected chi connectivity index (χ3v) is 6.12. The Bertz CT molecular complexity index is 407. The summed E-state index contributed by atoms with van der Waals surface area (Å²) in [6.07, 6.45) is -0.0142. The van der Waals surface area contributed by atoms with E-state index in [9.17, 15) is 18.9 Å². The zero-order valence-electron chi connectivity index (χ0n) is 14.5. The molecule has 0 saturated carbocycles. The minimum atomic E-state index is -3.62. The third-order valence-electron chi connectivity index (χ3n) is 3.51. The van der Waals surface area contributed by atoms with Crippen LogP contribution in [0.1, 0.15) is 0 Å². The van der Waals surface area contributed by atoms with Gasteiger partial charge in [0.2, 0.25) is 0 Å². The fourth-order valence-electron chi connectivity index (χ4n) is 2.09. The predicted octanol–water partition coefficient (Wildman–Crippen LogP) is -1.05. The summed E-state index contributed by atoms with van der Waals surface area (Å²) >= 11 is 0. The maximum Gasteiger partial charge on any atom is 2.00 e. The summed E-state index contributed by atoms with van der Waals surface area (Å²) in [6, 6.07) is 0. The average Bonchev–Trinajstić information content (AvgIpc) is 2.57. The van der Waals surface area contributed by atoms with E-state index < -0.39 is 15.2 Å². The molecule has 0 aliphatic carbocycles. The number of hydrogen-bond acceptors (Lipinski definition) is 10. The van der Waals surface area contributed by atoms with Gasteiger partial charge in [-0.25, -0.2) is 0 Å². The number of ether oxygens (including phenoxy) is 2. The van der Waals surface area contributed by atoms with Crippen molar-refractivity contribution in [1.29, 1.82) is 0 Å². The van der Waals surface area contributed by atoms with E-state index >= 15 is 0 Å². The second kappa shape index (κ2) is 12.9. The van der Waals surface area contributed by atoms with E-state index in [1.807, 2.05) is 0 Å². The molecule has 2 unspecified atom stereocenters. The molecule has 151 valence electrons. The Balaban J connectivity index is 0.000000443. The zero-order valence-corrected chi connectivity index (χ0v) is 17.3. The van der Waals surface area contributed by atoms with E-state index in [0.717, 1.165) is 0 Å². The van der Waals surface area contributed by atoms with Crippen LogP contribution in [0.2, 0.25) is 0 Å². The van der Waals surface area contributed by atoms with Crippen molar-refractivity contribution in [1.82, 2.24) is 9.80 Å². The summed E-state index contributed by atoms with van der Waals surface area (Å²) in [5.74, 6) is 0. The summed E-state index contributed by atoms with van der Waals surface area (Å²) in [5.41, 5.74) is 0. The molecule has 0 spiro atoms.